The molecular weight excluding hydrogens is 340 g/mol. The van der Waals surface area contributed by atoms with Crippen LogP contribution >= 0.6 is 12.4 Å². The molecule has 1 fully saturated rings. The first-order valence-electron chi connectivity index (χ1n) is 7.47. The third-order valence-electron chi connectivity index (χ3n) is 4.18. The lowest BCUT2D eigenvalue weighted by atomic mass is 9.99. The van der Waals surface area contributed by atoms with Gasteiger partial charge in [0, 0.05) is 12.6 Å². The minimum absolute atomic E-state index is 0. The van der Waals surface area contributed by atoms with Gasteiger partial charge in [-0.1, -0.05) is 18.9 Å². The maximum Gasteiger partial charge on any atom is 0.248 e. The molecule has 1 atom stereocenters. The lowest BCUT2D eigenvalue weighted by Crippen LogP contribution is -2.44. The fourth-order valence-corrected chi connectivity index (χ4v) is 4.67. The Hall–Kier alpha value is -1.02. The average Bonchev–Trinajstić information content (AvgIpc) is 3.06. The minimum atomic E-state index is -3.77. The molecule has 1 saturated carbocycles. The average molecular weight is 365 g/mol. The van der Waals surface area contributed by atoms with Gasteiger partial charge in [0.2, 0.25) is 10.0 Å². The van der Waals surface area contributed by atoms with Crippen LogP contribution < -0.4 is 19.9 Å². The van der Waals surface area contributed by atoms with Crippen molar-refractivity contribution >= 4 is 22.4 Å². The van der Waals surface area contributed by atoms with Gasteiger partial charge in [-0.3, -0.25) is 0 Å². The number of nitrogens with two attached hydrogens (primary N) is 1. The van der Waals surface area contributed by atoms with E-state index in [1.165, 1.54) is 14.2 Å². The Morgan fingerprint density at radius 1 is 1.22 bits per heavy atom. The first-order chi connectivity index (χ1) is 10.5. The highest BCUT2D eigenvalue weighted by molar-refractivity contribution is 7.89. The van der Waals surface area contributed by atoms with Crippen LogP contribution in [0.2, 0.25) is 0 Å². The molecular formula is C15H25ClN2O4S. The molecule has 1 unspecified atom stereocenters. The number of sulfonamides is 1. The standard InChI is InChI=1S/C15H24N2O4S.ClH/c1-20-13-8-5-9-14(21-2)15(13)22(18,19)17-12(10-16)11-6-3-4-7-11;/h5,8-9,11-12,17H,3-4,6-7,10,16H2,1-2H3;1H. The molecule has 1 aromatic rings. The largest absolute Gasteiger partial charge is 0.495 e. The predicted octanol–water partition coefficient (Wildman–Crippen LogP) is 1.92. The molecule has 0 heterocycles. The molecule has 0 amide bonds. The molecule has 23 heavy (non-hydrogen) atoms. The third-order valence-corrected chi connectivity index (χ3v) is 5.73. The fraction of sp³-hybridized carbons (Fsp3) is 0.600. The van der Waals surface area contributed by atoms with Gasteiger partial charge in [-0.05, 0) is 30.9 Å². The van der Waals surface area contributed by atoms with E-state index in [4.69, 9.17) is 15.2 Å². The van der Waals surface area contributed by atoms with Gasteiger partial charge in [-0.25, -0.2) is 13.1 Å². The summed E-state index contributed by atoms with van der Waals surface area (Å²) in [6.45, 7) is 0.279. The molecule has 0 aromatic heterocycles. The normalized spacial score (nSPS) is 16.7. The Morgan fingerprint density at radius 2 is 1.74 bits per heavy atom. The SMILES string of the molecule is COc1cccc(OC)c1S(=O)(=O)NC(CN)C1CCCC1.Cl. The van der Waals surface area contributed by atoms with Crippen molar-refractivity contribution in [3.8, 4) is 11.5 Å². The van der Waals surface area contributed by atoms with Crippen LogP contribution in [0.4, 0.5) is 0 Å². The van der Waals surface area contributed by atoms with E-state index in [-0.39, 0.29) is 41.4 Å². The molecule has 0 saturated heterocycles. The van der Waals surface area contributed by atoms with Crippen molar-refractivity contribution in [2.75, 3.05) is 20.8 Å². The van der Waals surface area contributed by atoms with Gasteiger partial charge < -0.3 is 15.2 Å². The first kappa shape index (κ1) is 20.0. The summed E-state index contributed by atoms with van der Waals surface area (Å²) in [7, 11) is -0.903. The number of ether oxygens (including phenoxy) is 2. The number of hydrogen-bond donors (Lipinski definition) is 2. The quantitative estimate of drug-likeness (QED) is 0.771. The van der Waals surface area contributed by atoms with Gasteiger partial charge in [-0.15, -0.1) is 12.4 Å². The van der Waals surface area contributed by atoms with E-state index >= 15 is 0 Å². The number of benzene rings is 1. The lowest BCUT2D eigenvalue weighted by Gasteiger charge is -2.24. The Kier molecular flexibility index (Phi) is 7.60. The molecule has 1 aliphatic rings. The molecule has 0 aliphatic heterocycles. The second-order valence-electron chi connectivity index (χ2n) is 5.50. The van der Waals surface area contributed by atoms with Gasteiger partial charge in [0.25, 0.3) is 0 Å². The maximum atomic E-state index is 12.8. The molecule has 3 N–H and O–H groups in total. The minimum Gasteiger partial charge on any atom is -0.495 e. The molecule has 8 heteroatoms. The monoisotopic (exact) mass is 364 g/mol. The highest BCUT2D eigenvalue weighted by atomic mass is 35.5. The number of nitrogens with one attached hydrogen (secondary N) is 1. The van der Waals surface area contributed by atoms with E-state index in [9.17, 15) is 8.42 Å². The summed E-state index contributed by atoms with van der Waals surface area (Å²) in [5, 5.41) is 0. The van der Waals surface area contributed by atoms with Gasteiger partial charge in [0.05, 0.1) is 14.2 Å². The fourth-order valence-electron chi connectivity index (χ4n) is 3.04. The summed E-state index contributed by atoms with van der Waals surface area (Å²) >= 11 is 0. The lowest BCUT2D eigenvalue weighted by molar-refractivity contribution is 0.369. The number of halogens is 1. The van der Waals surface area contributed by atoms with E-state index < -0.39 is 10.0 Å². The smallest absolute Gasteiger partial charge is 0.248 e. The Bertz CT molecular complexity index is 581. The van der Waals surface area contributed by atoms with Gasteiger partial charge in [0.1, 0.15) is 11.5 Å². The van der Waals surface area contributed by atoms with Gasteiger partial charge >= 0.3 is 0 Å². The van der Waals surface area contributed by atoms with Crippen molar-refractivity contribution in [3.63, 3.8) is 0 Å². The van der Waals surface area contributed by atoms with Crippen LogP contribution in [0.3, 0.4) is 0 Å². The molecule has 132 valence electrons. The van der Waals surface area contributed by atoms with Crippen LogP contribution in [-0.2, 0) is 10.0 Å². The summed E-state index contributed by atoms with van der Waals surface area (Å²) in [4.78, 5) is 0.0245. The molecule has 0 spiro atoms. The van der Waals surface area contributed by atoms with Crippen molar-refractivity contribution in [2.24, 2.45) is 11.7 Å². The van der Waals surface area contributed by atoms with E-state index in [2.05, 4.69) is 4.72 Å². The zero-order valence-corrected chi connectivity index (χ0v) is 15.1. The zero-order valence-electron chi connectivity index (χ0n) is 13.4. The van der Waals surface area contributed by atoms with Crippen molar-refractivity contribution in [1.29, 1.82) is 0 Å². The van der Waals surface area contributed by atoms with Gasteiger partial charge in [-0.2, -0.15) is 0 Å². The topological polar surface area (TPSA) is 90.6 Å². The van der Waals surface area contributed by atoms with Crippen LogP contribution in [0, 0.1) is 5.92 Å². The summed E-state index contributed by atoms with van der Waals surface area (Å²) < 4.78 is 38.7. The molecule has 2 rings (SSSR count). The van der Waals surface area contributed by atoms with Crippen LogP contribution in [0.15, 0.2) is 23.1 Å². The first-order valence-corrected chi connectivity index (χ1v) is 8.95. The Labute approximate surface area is 144 Å². The van der Waals surface area contributed by atoms with Crippen LogP contribution in [0.25, 0.3) is 0 Å². The van der Waals surface area contributed by atoms with E-state index in [0.29, 0.717) is 5.92 Å². The molecule has 1 aliphatic carbocycles. The van der Waals surface area contributed by atoms with Crippen molar-refractivity contribution in [3.05, 3.63) is 18.2 Å². The second-order valence-corrected chi connectivity index (χ2v) is 7.15. The third kappa shape index (κ3) is 4.50. The van der Waals surface area contributed by atoms with E-state index in [0.717, 1.165) is 25.7 Å². The summed E-state index contributed by atoms with van der Waals surface area (Å²) in [6.07, 6.45) is 4.27. The van der Waals surface area contributed by atoms with E-state index in [1.54, 1.807) is 18.2 Å². The second kappa shape index (κ2) is 8.73. The van der Waals surface area contributed by atoms with Crippen LogP contribution in [0.1, 0.15) is 25.7 Å². The summed E-state index contributed by atoms with van der Waals surface area (Å²) in [5.41, 5.74) is 5.79. The Balaban J connectivity index is 0.00000264. The highest BCUT2D eigenvalue weighted by Crippen LogP contribution is 2.34. The number of hydrogen-bond acceptors (Lipinski definition) is 5. The molecule has 6 nitrogen and oxygen atoms in total. The Morgan fingerprint density at radius 3 is 2.17 bits per heavy atom. The van der Waals surface area contributed by atoms with Crippen LogP contribution in [0.5, 0.6) is 11.5 Å². The van der Waals surface area contributed by atoms with Gasteiger partial charge in [0.15, 0.2) is 4.90 Å². The van der Waals surface area contributed by atoms with E-state index in [1.807, 2.05) is 0 Å². The highest BCUT2D eigenvalue weighted by Gasteiger charge is 2.31. The molecule has 0 radical (unpaired) electrons. The summed E-state index contributed by atoms with van der Waals surface area (Å²) in [5.74, 6) is 0.809. The zero-order chi connectivity index (χ0) is 16.2. The van der Waals surface area contributed by atoms with Crippen LogP contribution in [-0.4, -0.2) is 35.2 Å². The van der Waals surface area contributed by atoms with Crippen molar-refractivity contribution < 1.29 is 17.9 Å². The number of rotatable bonds is 7. The van der Waals surface area contributed by atoms with Crippen molar-refractivity contribution in [2.45, 2.75) is 36.6 Å². The molecule has 0 bridgehead atoms. The summed E-state index contributed by atoms with van der Waals surface area (Å²) in [6, 6.07) is 4.63. The predicted molar refractivity (Wildman–Crippen MR) is 91.9 cm³/mol. The maximum absolute atomic E-state index is 12.8. The number of methoxy groups -OCH3 is 2. The van der Waals surface area contributed by atoms with Crippen molar-refractivity contribution in [1.82, 2.24) is 4.72 Å². The molecule has 1 aromatic carbocycles.